The Morgan fingerprint density at radius 3 is 2.41 bits per heavy atom. The summed E-state index contributed by atoms with van der Waals surface area (Å²) in [4.78, 5) is 4.10. The first-order valence-electron chi connectivity index (χ1n) is 5.81. The molecule has 4 heteroatoms. The summed E-state index contributed by atoms with van der Waals surface area (Å²) in [6.45, 7) is 12.9. The van der Waals surface area contributed by atoms with E-state index in [1.54, 1.807) is 6.20 Å². The largest absolute Gasteiger partial charge is 0.410 e. The van der Waals surface area contributed by atoms with Crippen molar-refractivity contribution in [3.63, 3.8) is 0 Å². The lowest BCUT2D eigenvalue weighted by molar-refractivity contribution is 0.0859. The number of halogens is 1. The molecule has 1 heterocycles. The van der Waals surface area contributed by atoms with Gasteiger partial charge in [0, 0.05) is 6.20 Å². The molecule has 0 bridgehead atoms. The third-order valence-corrected chi connectivity index (χ3v) is 3.70. The first kappa shape index (κ1) is 14.7. The normalized spacial score (nSPS) is 14.1. The van der Waals surface area contributed by atoms with Gasteiger partial charge in [-0.15, -0.1) is 0 Å². The van der Waals surface area contributed by atoms with Crippen LogP contribution in [0.3, 0.4) is 0 Å². The second kappa shape index (κ2) is 5.51. The van der Waals surface area contributed by atoms with Crippen LogP contribution in [-0.2, 0) is 4.43 Å². The first-order chi connectivity index (χ1) is 7.73. The molecule has 0 aliphatic carbocycles. The van der Waals surface area contributed by atoms with Crippen molar-refractivity contribution in [1.29, 1.82) is 0 Å². The molecular weight excluding hydrogens is 250 g/mol. The topological polar surface area (TPSA) is 22.1 Å². The highest BCUT2D eigenvalue weighted by Gasteiger charge is 2.29. The third-order valence-electron chi connectivity index (χ3n) is 2.61. The number of hydrogen-bond donors (Lipinski definition) is 0. The minimum Gasteiger partial charge on any atom is -0.410 e. The summed E-state index contributed by atoms with van der Waals surface area (Å²) >= 11 is 6.09. The van der Waals surface area contributed by atoms with E-state index in [9.17, 15) is 0 Å². The lowest BCUT2D eigenvalue weighted by Crippen LogP contribution is -2.26. The van der Waals surface area contributed by atoms with E-state index in [-0.39, 0.29) is 11.5 Å². The minimum atomic E-state index is -0.756. The molecule has 0 aromatic carbocycles. The fourth-order valence-corrected chi connectivity index (χ4v) is 2.87. The quantitative estimate of drug-likeness (QED) is 0.600. The van der Waals surface area contributed by atoms with Crippen molar-refractivity contribution in [3.8, 4) is 0 Å². The van der Waals surface area contributed by atoms with E-state index >= 15 is 0 Å². The van der Waals surface area contributed by atoms with Crippen LogP contribution >= 0.6 is 11.6 Å². The average Bonchev–Trinajstić information content (AvgIpc) is 2.17. The van der Waals surface area contributed by atoms with Gasteiger partial charge in [-0.05, 0) is 42.6 Å². The average molecular weight is 271 g/mol. The summed E-state index contributed by atoms with van der Waals surface area (Å²) in [6, 6.07) is 2.02. The van der Waals surface area contributed by atoms with Crippen molar-refractivity contribution in [3.05, 3.63) is 28.5 Å². The fraction of sp³-hybridized carbons (Fsp3) is 0.615. The van der Waals surface area contributed by atoms with E-state index in [0.29, 0.717) is 5.15 Å². The molecule has 1 radical (unpaired) electrons. The van der Waals surface area contributed by atoms with E-state index < -0.39 is 9.04 Å². The molecule has 0 fully saturated rings. The predicted molar refractivity (Wildman–Crippen MR) is 74.7 cm³/mol. The van der Waals surface area contributed by atoms with Gasteiger partial charge in [0.25, 0.3) is 0 Å². The van der Waals surface area contributed by atoms with Crippen molar-refractivity contribution in [2.75, 3.05) is 0 Å². The van der Waals surface area contributed by atoms with Gasteiger partial charge >= 0.3 is 0 Å². The number of hydrogen-bond acceptors (Lipinski definition) is 2. The zero-order chi connectivity index (χ0) is 13.2. The van der Waals surface area contributed by atoms with E-state index in [1.165, 1.54) is 0 Å². The number of nitrogens with zero attached hydrogens (tertiary/aromatic N) is 1. The molecule has 95 valence electrons. The van der Waals surface area contributed by atoms with Gasteiger partial charge in [0.05, 0.1) is 6.10 Å². The molecule has 0 aliphatic heterocycles. The molecule has 17 heavy (non-hydrogen) atoms. The fourth-order valence-electron chi connectivity index (χ4n) is 1.75. The summed E-state index contributed by atoms with van der Waals surface area (Å²) < 4.78 is 6.15. The maximum Gasteiger partial charge on any atom is 0.205 e. The Morgan fingerprint density at radius 2 is 1.94 bits per heavy atom. The van der Waals surface area contributed by atoms with Crippen LogP contribution in [0.25, 0.3) is 0 Å². The number of pyridine rings is 1. The van der Waals surface area contributed by atoms with Crippen LogP contribution in [0.2, 0.25) is 18.2 Å². The zero-order valence-corrected chi connectivity index (χ0v) is 13.2. The molecule has 0 saturated carbocycles. The molecule has 0 saturated heterocycles. The van der Waals surface area contributed by atoms with Crippen LogP contribution in [0.5, 0.6) is 0 Å². The molecule has 0 N–H and O–H groups in total. The Kier molecular flexibility index (Phi) is 4.75. The number of rotatable bonds is 3. The first-order valence-corrected chi connectivity index (χ1v) is 8.60. The summed E-state index contributed by atoms with van der Waals surface area (Å²) in [5.74, 6) is 0. The van der Waals surface area contributed by atoms with Crippen LogP contribution in [0.4, 0.5) is 0 Å². The van der Waals surface area contributed by atoms with Gasteiger partial charge in [-0.2, -0.15) is 0 Å². The van der Waals surface area contributed by atoms with Crippen LogP contribution < -0.4 is 0 Å². The van der Waals surface area contributed by atoms with Gasteiger partial charge in [-0.3, -0.25) is 0 Å². The Labute approximate surface area is 111 Å². The number of aromatic nitrogens is 1. The van der Waals surface area contributed by atoms with E-state index in [2.05, 4.69) is 38.8 Å². The van der Waals surface area contributed by atoms with Gasteiger partial charge in [0.1, 0.15) is 5.15 Å². The molecule has 1 unspecified atom stereocenters. The SMILES string of the molecule is Cc1c(C(O[Si](C)C)C(C)(C)C)ccnc1Cl. The Hall–Kier alpha value is -0.383. The van der Waals surface area contributed by atoms with E-state index in [0.717, 1.165) is 11.1 Å². The van der Waals surface area contributed by atoms with E-state index in [1.807, 2.05) is 13.0 Å². The summed E-state index contributed by atoms with van der Waals surface area (Å²) in [5, 5.41) is 0.571. The van der Waals surface area contributed by atoms with E-state index in [4.69, 9.17) is 16.0 Å². The second-order valence-corrected chi connectivity index (χ2v) is 8.00. The standard InChI is InChI=1S/C13H21ClNOSi/c1-9-10(7-8-15-12(9)14)11(13(2,3)4)16-17(5)6/h7-8,11H,1-6H3. The monoisotopic (exact) mass is 270 g/mol. The van der Waals surface area contributed by atoms with Gasteiger partial charge in [-0.25, -0.2) is 4.98 Å². The summed E-state index contributed by atoms with van der Waals surface area (Å²) in [5.41, 5.74) is 2.23. The Bertz CT molecular complexity index is 387. The highest BCUT2D eigenvalue weighted by atomic mass is 35.5. The molecular formula is C13H21ClNOSi. The summed E-state index contributed by atoms with van der Waals surface area (Å²) in [7, 11) is -0.756. The van der Waals surface area contributed by atoms with Crippen molar-refractivity contribution >= 4 is 20.6 Å². The third kappa shape index (κ3) is 3.80. The van der Waals surface area contributed by atoms with Crippen LogP contribution in [0.1, 0.15) is 38.0 Å². The molecule has 0 aliphatic rings. The van der Waals surface area contributed by atoms with Crippen LogP contribution in [0, 0.1) is 12.3 Å². The molecule has 1 rings (SSSR count). The van der Waals surface area contributed by atoms with Crippen molar-refractivity contribution in [2.24, 2.45) is 5.41 Å². The molecule has 1 aromatic heterocycles. The smallest absolute Gasteiger partial charge is 0.205 e. The Morgan fingerprint density at radius 1 is 1.35 bits per heavy atom. The predicted octanol–water partition coefficient (Wildman–Crippen LogP) is 4.40. The van der Waals surface area contributed by atoms with Crippen LogP contribution in [0.15, 0.2) is 12.3 Å². The molecule has 1 atom stereocenters. The van der Waals surface area contributed by atoms with Gasteiger partial charge in [-0.1, -0.05) is 32.4 Å². The van der Waals surface area contributed by atoms with Gasteiger partial charge < -0.3 is 4.43 Å². The van der Waals surface area contributed by atoms with Crippen LogP contribution in [-0.4, -0.2) is 14.0 Å². The molecule has 0 amide bonds. The lowest BCUT2D eigenvalue weighted by atomic mass is 9.84. The van der Waals surface area contributed by atoms with Gasteiger partial charge in [0.15, 0.2) is 0 Å². The Balaban J connectivity index is 3.18. The summed E-state index contributed by atoms with van der Waals surface area (Å²) in [6.07, 6.45) is 1.83. The lowest BCUT2D eigenvalue weighted by Gasteiger charge is -2.33. The minimum absolute atomic E-state index is 0.0530. The molecule has 0 spiro atoms. The zero-order valence-electron chi connectivity index (χ0n) is 11.5. The van der Waals surface area contributed by atoms with Crippen molar-refractivity contribution < 1.29 is 4.43 Å². The van der Waals surface area contributed by atoms with Crippen molar-refractivity contribution in [1.82, 2.24) is 4.98 Å². The highest BCUT2D eigenvalue weighted by Crippen LogP contribution is 2.38. The maximum atomic E-state index is 6.15. The maximum absolute atomic E-state index is 6.15. The molecule has 1 aromatic rings. The van der Waals surface area contributed by atoms with Gasteiger partial charge in [0.2, 0.25) is 9.04 Å². The highest BCUT2D eigenvalue weighted by molar-refractivity contribution is 6.48. The van der Waals surface area contributed by atoms with Crippen molar-refractivity contribution in [2.45, 2.75) is 46.9 Å². The second-order valence-electron chi connectivity index (χ2n) is 5.59. The molecule has 2 nitrogen and oxygen atoms in total.